The van der Waals surface area contributed by atoms with Crippen LogP contribution in [0.2, 0.25) is 0 Å². The molecule has 0 aromatic heterocycles. The summed E-state index contributed by atoms with van der Waals surface area (Å²) >= 11 is 0. The lowest BCUT2D eigenvalue weighted by molar-refractivity contribution is -0.148. The molecule has 0 saturated carbocycles. The number of hydrogen-bond acceptors (Lipinski definition) is 6. The summed E-state index contributed by atoms with van der Waals surface area (Å²) in [6.07, 6.45) is 0.945. The average Bonchev–Trinajstić information content (AvgIpc) is 3.18. The van der Waals surface area contributed by atoms with Crippen molar-refractivity contribution in [1.29, 1.82) is 0 Å². The lowest BCUT2D eigenvalue weighted by Gasteiger charge is -2.26. The molecule has 0 unspecified atom stereocenters. The predicted molar refractivity (Wildman–Crippen MR) is 128 cm³/mol. The van der Waals surface area contributed by atoms with E-state index in [2.05, 4.69) is 5.32 Å². The maximum atomic E-state index is 13.3. The van der Waals surface area contributed by atoms with Crippen LogP contribution in [-0.4, -0.2) is 70.1 Å². The predicted octanol–water partition coefficient (Wildman–Crippen LogP) is 2.45. The van der Waals surface area contributed by atoms with Gasteiger partial charge in [0.1, 0.15) is 6.04 Å². The Morgan fingerprint density at radius 3 is 2.23 bits per heavy atom. The highest BCUT2D eigenvalue weighted by Crippen LogP contribution is 2.21. The second kappa shape index (κ2) is 12.1. The fourth-order valence-corrected chi connectivity index (χ4v) is 4.08. The first-order valence-corrected chi connectivity index (χ1v) is 11.7. The molecule has 0 radical (unpaired) electrons. The van der Waals surface area contributed by atoms with Crippen molar-refractivity contribution < 1.29 is 29.0 Å². The van der Waals surface area contributed by atoms with Gasteiger partial charge in [-0.15, -0.1) is 0 Å². The van der Waals surface area contributed by atoms with Gasteiger partial charge >= 0.3 is 18.0 Å². The zero-order chi connectivity index (χ0) is 25.4. The van der Waals surface area contributed by atoms with Crippen molar-refractivity contribution in [2.75, 3.05) is 13.2 Å². The maximum Gasteiger partial charge on any atom is 0.328 e. The number of ether oxygens (including phenoxy) is 1. The number of urea groups is 1. The van der Waals surface area contributed by atoms with Crippen LogP contribution in [0.1, 0.15) is 31.4 Å². The molecule has 0 aliphatic carbocycles. The minimum Gasteiger partial charge on any atom is -0.480 e. The fraction of sp³-hybridized carbons (Fsp3) is 0.385. The molecule has 3 rings (SSSR count). The number of nitrogens with zero attached hydrogens (tertiary/aromatic N) is 2. The van der Waals surface area contributed by atoms with Crippen molar-refractivity contribution in [1.82, 2.24) is 15.1 Å². The summed E-state index contributed by atoms with van der Waals surface area (Å²) in [4.78, 5) is 52.9. The van der Waals surface area contributed by atoms with Crippen molar-refractivity contribution >= 4 is 23.9 Å². The number of esters is 1. The lowest BCUT2D eigenvalue weighted by Crippen LogP contribution is -2.54. The number of benzene rings is 2. The number of carbonyl (C=O) groups excluding carboxylic acids is 3. The molecule has 9 heteroatoms. The van der Waals surface area contributed by atoms with Crippen LogP contribution in [0.3, 0.4) is 0 Å². The lowest BCUT2D eigenvalue weighted by atomic mass is 10.0. The quantitative estimate of drug-likeness (QED) is 0.474. The zero-order valence-corrected chi connectivity index (χ0v) is 19.9. The van der Waals surface area contributed by atoms with Gasteiger partial charge in [0.2, 0.25) is 5.91 Å². The molecular weight excluding hydrogens is 450 g/mol. The second-order valence-corrected chi connectivity index (χ2v) is 8.43. The Bertz CT molecular complexity index is 1030. The van der Waals surface area contributed by atoms with Gasteiger partial charge < -0.3 is 14.7 Å². The fourth-order valence-electron chi connectivity index (χ4n) is 4.08. The van der Waals surface area contributed by atoms with Crippen LogP contribution in [0.25, 0.3) is 0 Å². The smallest absolute Gasteiger partial charge is 0.328 e. The van der Waals surface area contributed by atoms with Crippen molar-refractivity contribution in [2.24, 2.45) is 0 Å². The number of aliphatic carboxylic acids is 1. The number of carbonyl (C=O) groups is 4. The molecule has 9 nitrogen and oxygen atoms in total. The van der Waals surface area contributed by atoms with Gasteiger partial charge in [-0.2, -0.15) is 0 Å². The first-order valence-electron chi connectivity index (χ1n) is 11.7. The van der Waals surface area contributed by atoms with E-state index in [9.17, 15) is 24.3 Å². The van der Waals surface area contributed by atoms with Crippen LogP contribution >= 0.6 is 0 Å². The molecule has 186 valence electrons. The molecule has 35 heavy (non-hydrogen) atoms. The molecule has 2 aromatic rings. The maximum absolute atomic E-state index is 13.3. The number of carboxylic acids is 1. The summed E-state index contributed by atoms with van der Waals surface area (Å²) in [5, 5.41) is 12.7. The first kappa shape index (κ1) is 25.9. The third-order valence-corrected chi connectivity index (χ3v) is 5.88. The third kappa shape index (κ3) is 6.66. The van der Waals surface area contributed by atoms with Crippen molar-refractivity contribution in [2.45, 2.75) is 51.4 Å². The Morgan fingerprint density at radius 1 is 1.06 bits per heavy atom. The number of carboxylic acid groups (broad SMARTS) is 1. The van der Waals surface area contributed by atoms with Gasteiger partial charge in [0, 0.05) is 6.54 Å². The summed E-state index contributed by atoms with van der Waals surface area (Å²) in [5.41, 5.74) is 1.86. The molecule has 3 atom stereocenters. The molecule has 2 aromatic carbocycles. The number of rotatable bonds is 11. The summed E-state index contributed by atoms with van der Waals surface area (Å²) in [5.74, 6) is -2.47. The average molecular weight is 482 g/mol. The summed E-state index contributed by atoms with van der Waals surface area (Å²) < 4.78 is 5.17. The van der Waals surface area contributed by atoms with E-state index in [0.29, 0.717) is 12.8 Å². The van der Waals surface area contributed by atoms with Gasteiger partial charge in [0.15, 0.2) is 6.04 Å². The van der Waals surface area contributed by atoms with Gasteiger partial charge in [-0.05, 0) is 37.8 Å². The van der Waals surface area contributed by atoms with E-state index in [1.807, 2.05) is 60.7 Å². The summed E-state index contributed by atoms with van der Waals surface area (Å²) in [7, 11) is 0. The molecule has 1 aliphatic rings. The molecule has 2 N–H and O–H groups in total. The standard InChI is InChI=1S/C26H31N3O6/c1-3-35-25(33)21(15-14-19-10-6-4-7-11-19)27-18(2)23(30)29-22(24(31)32)17-28(26(29)34)16-20-12-8-5-9-13-20/h4-13,18,21-22,27H,3,14-17H2,1-2H3,(H,31,32)/t18-,21-,22-/m0/s1. The van der Waals surface area contributed by atoms with E-state index in [-0.39, 0.29) is 19.7 Å². The van der Waals surface area contributed by atoms with E-state index < -0.39 is 42.0 Å². The monoisotopic (exact) mass is 481 g/mol. The molecule has 1 heterocycles. The molecular formula is C26H31N3O6. The molecule has 1 aliphatic heterocycles. The number of amides is 3. The van der Waals surface area contributed by atoms with Gasteiger partial charge in [0.05, 0.1) is 19.2 Å². The Balaban J connectivity index is 1.71. The molecule has 0 bridgehead atoms. The summed E-state index contributed by atoms with van der Waals surface area (Å²) in [6.45, 7) is 3.48. The Labute approximate surface area is 204 Å². The minimum absolute atomic E-state index is 0.114. The van der Waals surface area contributed by atoms with E-state index in [1.54, 1.807) is 6.92 Å². The normalized spacial score (nSPS) is 17.2. The highest BCUT2D eigenvalue weighted by atomic mass is 16.5. The van der Waals surface area contributed by atoms with E-state index in [4.69, 9.17) is 4.74 Å². The highest BCUT2D eigenvalue weighted by molar-refractivity contribution is 6.02. The largest absolute Gasteiger partial charge is 0.480 e. The Kier molecular flexibility index (Phi) is 8.97. The van der Waals surface area contributed by atoms with Crippen molar-refractivity contribution in [3.8, 4) is 0 Å². The van der Waals surface area contributed by atoms with Gasteiger partial charge in [-0.3, -0.25) is 14.9 Å². The zero-order valence-electron chi connectivity index (χ0n) is 19.9. The first-order chi connectivity index (χ1) is 16.8. The molecule has 3 amide bonds. The second-order valence-electron chi connectivity index (χ2n) is 8.43. The van der Waals surface area contributed by atoms with Crippen molar-refractivity contribution in [3.63, 3.8) is 0 Å². The molecule has 0 spiro atoms. The van der Waals surface area contributed by atoms with E-state index in [1.165, 1.54) is 11.8 Å². The number of imide groups is 1. The van der Waals surface area contributed by atoms with Crippen LogP contribution in [0, 0.1) is 0 Å². The highest BCUT2D eigenvalue weighted by Gasteiger charge is 2.46. The molecule has 1 fully saturated rings. The minimum atomic E-state index is -1.31. The van der Waals surface area contributed by atoms with Crippen LogP contribution < -0.4 is 5.32 Å². The van der Waals surface area contributed by atoms with Crippen LogP contribution in [0.5, 0.6) is 0 Å². The Hall–Kier alpha value is -3.72. The Morgan fingerprint density at radius 2 is 1.66 bits per heavy atom. The SMILES string of the molecule is CCOC(=O)[C@H](CCc1ccccc1)N[C@@H](C)C(=O)N1C(=O)N(Cc2ccccc2)C[C@H]1C(=O)O. The van der Waals surface area contributed by atoms with E-state index in [0.717, 1.165) is 16.0 Å². The number of aryl methyl sites for hydroxylation is 1. The van der Waals surface area contributed by atoms with E-state index >= 15 is 0 Å². The van der Waals surface area contributed by atoms with Gasteiger partial charge in [-0.25, -0.2) is 14.5 Å². The van der Waals surface area contributed by atoms with Crippen LogP contribution in [0.15, 0.2) is 60.7 Å². The van der Waals surface area contributed by atoms with Crippen LogP contribution in [-0.2, 0) is 32.1 Å². The summed E-state index contributed by atoms with van der Waals surface area (Å²) in [6, 6.07) is 15.0. The number of nitrogens with one attached hydrogen (secondary N) is 1. The number of hydrogen-bond donors (Lipinski definition) is 2. The van der Waals surface area contributed by atoms with Gasteiger partial charge in [0.25, 0.3) is 0 Å². The van der Waals surface area contributed by atoms with Crippen molar-refractivity contribution in [3.05, 3.63) is 71.8 Å². The third-order valence-electron chi connectivity index (χ3n) is 5.88. The van der Waals surface area contributed by atoms with Gasteiger partial charge in [-0.1, -0.05) is 60.7 Å². The topological polar surface area (TPSA) is 116 Å². The van der Waals surface area contributed by atoms with Crippen LogP contribution in [0.4, 0.5) is 4.79 Å². The molecule has 1 saturated heterocycles.